The molecule has 18 heavy (non-hydrogen) atoms. The van der Waals surface area contributed by atoms with Gasteiger partial charge in [0.15, 0.2) is 0 Å². The Hall–Kier alpha value is -0.120. The molecule has 106 valence electrons. The third kappa shape index (κ3) is 3.46. The number of aliphatic hydroxyl groups is 1. The van der Waals surface area contributed by atoms with Gasteiger partial charge in [-0.15, -0.1) is 0 Å². The molecule has 0 amide bonds. The Balaban J connectivity index is 1.99. The minimum atomic E-state index is 0.343. The van der Waals surface area contributed by atoms with E-state index in [-0.39, 0.29) is 0 Å². The van der Waals surface area contributed by atoms with Crippen molar-refractivity contribution in [2.45, 2.75) is 57.4 Å². The zero-order valence-electron chi connectivity index (χ0n) is 12.0. The summed E-state index contributed by atoms with van der Waals surface area (Å²) < 4.78 is 0. The van der Waals surface area contributed by atoms with Crippen LogP contribution in [0, 0.1) is 5.41 Å². The third-order valence-electron chi connectivity index (χ3n) is 4.96. The average Bonchev–Trinajstić information content (AvgIpc) is 2.68. The summed E-state index contributed by atoms with van der Waals surface area (Å²) in [5.41, 5.74) is 0.461. The van der Waals surface area contributed by atoms with Gasteiger partial charge < -0.3 is 10.4 Å². The van der Waals surface area contributed by atoms with Crippen molar-refractivity contribution in [2.24, 2.45) is 5.41 Å². The molecule has 2 rings (SSSR count). The van der Waals surface area contributed by atoms with E-state index in [1.54, 1.807) is 0 Å². The van der Waals surface area contributed by atoms with Crippen molar-refractivity contribution >= 4 is 0 Å². The fourth-order valence-corrected chi connectivity index (χ4v) is 3.99. The first-order valence-electron chi connectivity index (χ1n) is 7.79. The summed E-state index contributed by atoms with van der Waals surface area (Å²) in [7, 11) is 2.08. The van der Waals surface area contributed by atoms with Crippen molar-refractivity contribution in [3.8, 4) is 0 Å². The molecule has 0 radical (unpaired) electrons. The molecule has 0 aromatic rings. The summed E-state index contributed by atoms with van der Waals surface area (Å²) in [6.07, 6.45) is 10.8. The Kier molecular flexibility index (Phi) is 5.46. The van der Waals surface area contributed by atoms with Crippen LogP contribution in [0.1, 0.15) is 51.4 Å². The quantitative estimate of drug-likeness (QED) is 0.737. The van der Waals surface area contributed by atoms with Crippen LogP contribution in [0.3, 0.4) is 0 Å². The number of hydrogen-bond acceptors (Lipinski definition) is 3. The summed E-state index contributed by atoms with van der Waals surface area (Å²) in [6, 6.07) is 0.432. The summed E-state index contributed by atoms with van der Waals surface area (Å²) in [5.74, 6) is 0. The van der Waals surface area contributed by atoms with Gasteiger partial charge in [-0.3, -0.25) is 4.90 Å². The maximum absolute atomic E-state index is 9.48. The number of nitrogens with zero attached hydrogens (tertiary/aromatic N) is 1. The number of aliphatic hydroxyl groups excluding tert-OH is 1. The average molecular weight is 254 g/mol. The van der Waals surface area contributed by atoms with Crippen molar-refractivity contribution in [3.63, 3.8) is 0 Å². The van der Waals surface area contributed by atoms with E-state index in [0.717, 1.165) is 6.54 Å². The predicted molar refractivity (Wildman–Crippen MR) is 75.7 cm³/mol. The van der Waals surface area contributed by atoms with Crippen LogP contribution in [0.4, 0.5) is 0 Å². The maximum Gasteiger partial charge on any atom is 0.0586 e. The molecule has 3 nitrogen and oxygen atoms in total. The van der Waals surface area contributed by atoms with Gasteiger partial charge in [-0.25, -0.2) is 0 Å². The van der Waals surface area contributed by atoms with Crippen LogP contribution < -0.4 is 5.32 Å². The second kappa shape index (κ2) is 6.88. The fourth-order valence-electron chi connectivity index (χ4n) is 3.99. The highest BCUT2D eigenvalue weighted by Gasteiger charge is 2.35. The monoisotopic (exact) mass is 254 g/mol. The number of nitrogens with one attached hydrogen (secondary N) is 1. The first-order chi connectivity index (χ1) is 8.79. The third-order valence-corrected chi connectivity index (χ3v) is 4.96. The normalized spacial score (nSPS) is 29.3. The molecule has 3 heteroatoms. The zero-order chi connectivity index (χ0) is 12.8. The van der Waals surface area contributed by atoms with Gasteiger partial charge in [0, 0.05) is 19.1 Å². The summed E-state index contributed by atoms with van der Waals surface area (Å²) in [6.45, 7) is 3.87. The van der Waals surface area contributed by atoms with E-state index in [2.05, 4.69) is 17.3 Å². The zero-order valence-corrected chi connectivity index (χ0v) is 12.0. The lowest BCUT2D eigenvalue weighted by Gasteiger charge is -2.38. The molecule has 1 atom stereocenters. The van der Waals surface area contributed by atoms with Gasteiger partial charge in [-0.2, -0.15) is 0 Å². The number of likely N-dealkylation sites (tertiary alicyclic amines) is 1. The Morgan fingerprint density at radius 2 is 1.89 bits per heavy atom. The van der Waals surface area contributed by atoms with Gasteiger partial charge in [-0.05, 0) is 44.7 Å². The smallest absolute Gasteiger partial charge is 0.0586 e. The molecular weight excluding hydrogens is 224 g/mol. The van der Waals surface area contributed by atoms with Crippen LogP contribution in [0.25, 0.3) is 0 Å². The summed E-state index contributed by atoms with van der Waals surface area (Å²) in [5, 5.41) is 12.9. The van der Waals surface area contributed by atoms with Gasteiger partial charge >= 0.3 is 0 Å². The van der Waals surface area contributed by atoms with Gasteiger partial charge in [0.25, 0.3) is 0 Å². The molecule has 0 bridgehead atoms. The predicted octanol–water partition coefficient (Wildman–Crippen LogP) is 2.00. The van der Waals surface area contributed by atoms with E-state index >= 15 is 0 Å². The van der Waals surface area contributed by atoms with Crippen LogP contribution >= 0.6 is 0 Å². The molecule has 1 unspecified atom stereocenters. The van der Waals surface area contributed by atoms with Crippen LogP contribution in [-0.4, -0.2) is 49.3 Å². The van der Waals surface area contributed by atoms with Crippen molar-refractivity contribution in [2.75, 3.05) is 33.3 Å². The highest BCUT2D eigenvalue weighted by molar-refractivity contribution is 4.90. The fraction of sp³-hybridized carbons (Fsp3) is 1.00. The molecule has 2 N–H and O–H groups in total. The minimum Gasteiger partial charge on any atom is -0.395 e. The molecule has 0 spiro atoms. The van der Waals surface area contributed by atoms with Crippen LogP contribution in [0.15, 0.2) is 0 Å². The van der Waals surface area contributed by atoms with Crippen LogP contribution in [0.2, 0.25) is 0 Å². The molecule has 1 saturated heterocycles. The maximum atomic E-state index is 9.48. The van der Waals surface area contributed by atoms with E-state index in [1.165, 1.54) is 64.5 Å². The lowest BCUT2D eigenvalue weighted by Crippen LogP contribution is -2.45. The highest BCUT2D eigenvalue weighted by Crippen LogP contribution is 2.37. The second-order valence-corrected chi connectivity index (χ2v) is 6.39. The number of rotatable bonds is 5. The lowest BCUT2D eigenvalue weighted by molar-refractivity contribution is 0.0905. The van der Waals surface area contributed by atoms with E-state index in [1.807, 2.05) is 0 Å². The SMILES string of the molecule is CNCC1(CN2CCCC2CO)CCCCCC1. The first-order valence-corrected chi connectivity index (χ1v) is 7.79. The molecule has 0 aromatic carbocycles. The van der Waals surface area contributed by atoms with Crippen molar-refractivity contribution in [1.29, 1.82) is 0 Å². The molecular formula is C15H30N2O. The number of hydrogen-bond donors (Lipinski definition) is 2. The lowest BCUT2D eigenvalue weighted by atomic mass is 9.79. The molecule has 2 fully saturated rings. The Morgan fingerprint density at radius 3 is 2.50 bits per heavy atom. The minimum absolute atomic E-state index is 0.343. The molecule has 1 saturated carbocycles. The second-order valence-electron chi connectivity index (χ2n) is 6.39. The standard InChI is InChI=1S/C15H30N2O/c1-16-12-15(8-4-2-3-5-9-15)13-17-10-6-7-14(17)11-18/h14,16,18H,2-13H2,1H3. The van der Waals surface area contributed by atoms with E-state index in [9.17, 15) is 5.11 Å². The topological polar surface area (TPSA) is 35.5 Å². The van der Waals surface area contributed by atoms with Gasteiger partial charge in [0.05, 0.1) is 6.61 Å². The van der Waals surface area contributed by atoms with E-state index in [0.29, 0.717) is 18.1 Å². The van der Waals surface area contributed by atoms with Crippen molar-refractivity contribution < 1.29 is 5.11 Å². The van der Waals surface area contributed by atoms with Gasteiger partial charge in [-0.1, -0.05) is 25.7 Å². The largest absolute Gasteiger partial charge is 0.395 e. The first kappa shape index (κ1) is 14.3. The van der Waals surface area contributed by atoms with Gasteiger partial charge in [0.1, 0.15) is 0 Å². The van der Waals surface area contributed by atoms with Crippen molar-refractivity contribution in [1.82, 2.24) is 10.2 Å². The molecule has 2 aliphatic rings. The summed E-state index contributed by atoms with van der Waals surface area (Å²) >= 11 is 0. The van der Waals surface area contributed by atoms with Crippen LogP contribution in [-0.2, 0) is 0 Å². The van der Waals surface area contributed by atoms with Crippen molar-refractivity contribution in [3.05, 3.63) is 0 Å². The molecule has 0 aromatic heterocycles. The highest BCUT2D eigenvalue weighted by atomic mass is 16.3. The van der Waals surface area contributed by atoms with Gasteiger partial charge in [0.2, 0.25) is 0 Å². The Labute approximate surface area is 112 Å². The molecule has 1 aliphatic heterocycles. The van der Waals surface area contributed by atoms with Crippen LogP contribution in [0.5, 0.6) is 0 Å². The summed E-state index contributed by atoms with van der Waals surface area (Å²) in [4.78, 5) is 2.56. The van der Waals surface area contributed by atoms with E-state index in [4.69, 9.17) is 0 Å². The van der Waals surface area contributed by atoms with E-state index < -0.39 is 0 Å². The Bertz CT molecular complexity index is 237. The molecule has 1 aliphatic carbocycles. The Morgan fingerprint density at radius 1 is 1.17 bits per heavy atom. The molecule has 1 heterocycles.